The van der Waals surface area contributed by atoms with Crippen LogP contribution in [-0.4, -0.2) is 41.5 Å². The molecule has 0 saturated heterocycles. The van der Waals surface area contributed by atoms with E-state index in [-0.39, 0.29) is 17.0 Å². The van der Waals surface area contributed by atoms with E-state index in [0.717, 1.165) is 5.56 Å². The van der Waals surface area contributed by atoms with E-state index in [1.807, 2.05) is 6.92 Å². The molecule has 1 fully saturated rings. The molecule has 2 aromatic rings. The molecular formula is C16H22N4O4S. The van der Waals surface area contributed by atoms with Crippen LogP contribution in [0.3, 0.4) is 0 Å². The van der Waals surface area contributed by atoms with Gasteiger partial charge in [0, 0.05) is 18.8 Å². The van der Waals surface area contributed by atoms with Gasteiger partial charge in [-0.3, -0.25) is 4.68 Å². The third kappa shape index (κ3) is 3.68. The second-order valence-electron chi connectivity index (χ2n) is 6.10. The van der Waals surface area contributed by atoms with Crippen molar-refractivity contribution < 1.29 is 18.3 Å². The van der Waals surface area contributed by atoms with E-state index in [1.165, 1.54) is 24.1 Å². The van der Waals surface area contributed by atoms with Crippen molar-refractivity contribution in [1.29, 1.82) is 0 Å². The van der Waals surface area contributed by atoms with Crippen LogP contribution in [0.15, 0.2) is 35.6 Å². The zero-order chi connectivity index (χ0) is 18.0. The molecule has 25 heavy (non-hydrogen) atoms. The number of aromatic nitrogens is 3. The van der Waals surface area contributed by atoms with Gasteiger partial charge in [0.2, 0.25) is 5.88 Å². The summed E-state index contributed by atoms with van der Waals surface area (Å²) in [6.07, 6.45) is 3.78. The number of aliphatic hydroxyl groups excluding tert-OH is 1. The van der Waals surface area contributed by atoms with Crippen LogP contribution >= 0.6 is 0 Å². The van der Waals surface area contributed by atoms with Crippen LogP contribution in [0.4, 0.5) is 0 Å². The highest BCUT2D eigenvalue weighted by Gasteiger charge is 2.38. The number of hydrogen-bond donors (Lipinski definition) is 2. The van der Waals surface area contributed by atoms with Crippen LogP contribution < -0.4 is 9.46 Å². The smallest absolute Gasteiger partial charge is 0.258 e. The first-order valence-electron chi connectivity index (χ1n) is 8.16. The molecule has 0 amide bonds. The average molecular weight is 366 g/mol. The summed E-state index contributed by atoms with van der Waals surface area (Å²) in [5, 5.41) is 13.8. The number of hydrogen-bond acceptors (Lipinski definition) is 6. The molecule has 0 aliphatic heterocycles. The van der Waals surface area contributed by atoms with E-state index < -0.39 is 16.1 Å². The Morgan fingerprint density at radius 2 is 2.16 bits per heavy atom. The van der Waals surface area contributed by atoms with Crippen molar-refractivity contribution in [2.75, 3.05) is 7.11 Å². The fraction of sp³-hybridized carbons (Fsp3) is 0.500. The summed E-state index contributed by atoms with van der Waals surface area (Å²) in [5.74, 6) is 0.473. The van der Waals surface area contributed by atoms with Crippen LogP contribution in [0, 0.1) is 5.92 Å². The van der Waals surface area contributed by atoms with Crippen molar-refractivity contribution in [2.24, 2.45) is 5.92 Å². The lowest BCUT2D eigenvalue weighted by molar-refractivity contribution is 0.0279. The van der Waals surface area contributed by atoms with Crippen LogP contribution in [0.5, 0.6) is 5.88 Å². The Kier molecular flexibility index (Phi) is 5.07. The summed E-state index contributed by atoms with van der Waals surface area (Å²) in [6.45, 7) is 2.29. The fourth-order valence-electron chi connectivity index (χ4n) is 3.05. The number of ether oxygens (including phenoxy) is 1. The number of rotatable bonds is 7. The van der Waals surface area contributed by atoms with Gasteiger partial charge in [-0.05, 0) is 37.3 Å². The van der Waals surface area contributed by atoms with Gasteiger partial charge >= 0.3 is 0 Å². The Bertz CT molecular complexity index is 813. The maximum Gasteiger partial charge on any atom is 0.258 e. The number of aliphatic hydroxyl groups is 1. The molecule has 0 unspecified atom stereocenters. The average Bonchev–Trinajstić information content (AvgIpc) is 3.07. The molecule has 1 atom stereocenters. The molecule has 1 aliphatic carbocycles. The third-order valence-corrected chi connectivity index (χ3v) is 5.94. The number of aryl methyl sites for hydroxylation is 1. The van der Waals surface area contributed by atoms with E-state index in [9.17, 15) is 13.5 Å². The number of pyridine rings is 1. The van der Waals surface area contributed by atoms with Gasteiger partial charge in [-0.2, -0.15) is 5.10 Å². The quantitative estimate of drug-likeness (QED) is 0.760. The Morgan fingerprint density at radius 3 is 2.72 bits per heavy atom. The molecule has 8 nitrogen and oxygen atoms in total. The highest BCUT2D eigenvalue weighted by atomic mass is 32.2. The Labute approximate surface area is 146 Å². The molecule has 2 heterocycles. The molecule has 0 spiro atoms. The molecule has 0 radical (unpaired) electrons. The molecule has 1 aliphatic rings. The highest BCUT2D eigenvalue weighted by molar-refractivity contribution is 7.89. The number of nitrogens with one attached hydrogen (secondary N) is 1. The largest absolute Gasteiger partial charge is 0.481 e. The monoisotopic (exact) mass is 366 g/mol. The van der Waals surface area contributed by atoms with E-state index in [4.69, 9.17) is 4.74 Å². The van der Waals surface area contributed by atoms with E-state index in [0.29, 0.717) is 25.3 Å². The summed E-state index contributed by atoms with van der Waals surface area (Å²) in [6, 6.07) is 4.50. The lowest BCUT2D eigenvalue weighted by Crippen LogP contribution is -2.41. The van der Waals surface area contributed by atoms with Crippen molar-refractivity contribution in [3.8, 4) is 5.88 Å². The first-order chi connectivity index (χ1) is 11.9. The van der Waals surface area contributed by atoms with Gasteiger partial charge in [-0.1, -0.05) is 6.07 Å². The maximum atomic E-state index is 12.8. The van der Waals surface area contributed by atoms with Crippen LogP contribution in [0.2, 0.25) is 0 Å². The molecule has 9 heteroatoms. The molecule has 2 aromatic heterocycles. The van der Waals surface area contributed by atoms with Gasteiger partial charge in [0.05, 0.1) is 25.5 Å². The van der Waals surface area contributed by atoms with Gasteiger partial charge in [0.1, 0.15) is 0 Å². The summed E-state index contributed by atoms with van der Waals surface area (Å²) in [7, 11) is -2.23. The Morgan fingerprint density at radius 1 is 1.40 bits per heavy atom. The molecule has 2 N–H and O–H groups in total. The van der Waals surface area contributed by atoms with Crippen LogP contribution in [0.25, 0.3) is 0 Å². The molecule has 3 rings (SSSR count). The normalized spacial score (nSPS) is 21.6. The topological polar surface area (TPSA) is 106 Å². The van der Waals surface area contributed by atoms with Crippen molar-refractivity contribution in [2.45, 2.75) is 43.5 Å². The summed E-state index contributed by atoms with van der Waals surface area (Å²) >= 11 is 0. The molecular weight excluding hydrogens is 344 g/mol. The Hall–Kier alpha value is -1.97. The van der Waals surface area contributed by atoms with Crippen molar-refractivity contribution >= 4 is 10.0 Å². The lowest BCUT2D eigenvalue weighted by Gasteiger charge is -2.38. The van der Waals surface area contributed by atoms with Gasteiger partial charge < -0.3 is 9.84 Å². The predicted octanol–water partition coefficient (Wildman–Crippen LogP) is 1.10. The number of sulfonamides is 1. The third-order valence-electron chi connectivity index (χ3n) is 4.48. The van der Waals surface area contributed by atoms with Gasteiger partial charge in [-0.25, -0.2) is 18.1 Å². The van der Waals surface area contributed by atoms with Crippen LogP contribution in [-0.2, 0) is 16.6 Å². The molecule has 0 bridgehead atoms. The zero-order valence-electron chi connectivity index (χ0n) is 14.2. The first kappa shape index (κ1) is 17.8. The SMILES string of the molecule is CCn1nccc1S(=O)(=O)N[C@H](c1ccc(OC)nc1)C1CC(O)C1. The van der Waals surface area contributed by atoms with E-state index in [2.05, 4.69) is 14.8 Å². The zero-order valence-corrected chi connectivity index (χ0v) is 15.0. The second kappa shape index (κ2) is 7.11. The maximum absolute atomic E-state index is 12.8. The van der Waals surface area contributed by atoms with Gasteiger partial charge in [0.25, 0.3) is 10.0 Å². The second-order valence-corrected chi connectivity index (χ2v) is 7.76. The fourth-order valence-corrected chi connectivity index (χ4v) is 4.53. The van der Waals surface area contributed by atoms with Crippen molar-refractivity contribution in [3.63, 3.8) is 0 Å². The minimum Gasteiger partial charge on any atom is -0.481 e. The van der Waals surface area contributed by atoms with Gasteiger partial charge in [-0.15, -0.1) is 0 Å². The van der Waals surface area contributed by atoms with E-state index in [1.54, 1.807) is 18.3 Å². The minimum atomic E-state index is -3.75. The van der Waals surface area contributed by atoms with Gasteiger partial charge in [0.15, 0.2) is 5.03 Å². The molecule has 1 saturated carbocycles. The minimum absolute atomic E-state index is 0.0120. The van der Waals surface area contributed by atoms with Crippen molar-refractivity contribution in [1.82, 2.24) is 19.5 Å². The first-order valence-corrected chi connectivity index (χ1v) is 9.65. The number of methoxy groups -OCH3 is 1. The Balaban J connectivity index is 1.89. The summed E-state index contributed by atoms with van der Waals surface area (Å²) < 4.78 is 34.9. The van der Waals surface area contributed by atoms with E-state index >= 15 is 0 Å². The van der Waals surface area contributed by atoms with Crippen LogP contribution in [0.1, 0.15) is 31.4 Å². The number of nitrogens with zero attached hydrogens (tertiary/aromatic N) is 3. The molecule has 0 aromatic carbocycles. The molecule has 136 valence electrons. The standard InChI is InChI=1S/C16H22N4O4S/c1-3-20-15(6-7-18-20)25(22,23)19-16(12-8-13(21)9-12)11-4-5-14(24-2)17-10-11/h4-7,10,12-13,16,19,21H,3,8-9H2,1-2H3/t12?,13?,16-/m1/s1. The predicted molar refractivity (Wildman–Crippen MR) is 90.5 cm³/mol. The summed E-state index contributed by atoms with van der Waals surface area (Å²) in [4.78, 5) is 4.17. The highest BCUT2D eigenvalue weighted by Crippen LogP contribution is 2.39. The summed E-state index contributed by atoms with van der Waals surface area (Å²) in [5.41, 5.74) is 0.740. The lowest BCUT2D eigenvalue weighted by atomic mass is 9.76. The van der Waals surface area contributed by atoms with Crippen molar-refractivity contribution in [3.05, 3.63) is 36.2 Å².